The van der Waals surface area contributed by atoms with Crippen LogP contribution in [0.25, 0.3) is 0 Å². The molecule has 0 N–H and O–H groups in total. The summed E-state index contributed by atoms with van der Waals surface area (Å²) in [5.41, 5.74) is -13.1. The molecule has 0 aliphatic carbocycles. The molecule has 79 heavy (non-hydrogen) atoms. The maximum absolute atomic E-state index is 16.0. The van der Waals surface area contributed by atoms with Crippen LogP contribution in [-0.2, 0) is 37.1 Å². The second-order valence-corrected chi connectivity index (χ2v) is 20.5. The lowest BCUT2D eigenvalue weighted by Crippen LogP contribution is -2.53. The minimum absolute atomic E-state index is 0.0982. The number of halogens is 18. The van der Waals surface area contributed by atoms with Crippen LogP contribution in [0.15, 0.2) is 48.5 Å². The van der Waals surface area contributed by atoms with Gasteiger partial charge < -0.3 is 18.4 Å². The molecule has 23 heteroatoms. The summed E-state index contributed by atoms with van der Waals surface area (Å²) < 4.78 is 280. The fourth-order valence-corrected chi connectivity index (χ4v) is 9.91. The highest BCUT2D eigenvalue weighted by atomic mass is 19.4. The van der Waals surface area contributed by atoms with Crippen LogP contribution in [0.4, 0.5) is 79.0 Å². The molecule has 450 valence electrons. The molecule has 0 fully saturated rings. The highest BCUT2D eigenvalue weighted by Crippen LogP contribution is 2.50. The molecule has 0 amide bonds. The summed E-state index contributed by atoms with van der Waals surface area (Å²) in [7, 11) is -3.28. The Kier molecular flexibility index (Phi) is 27.4. The highest BCUT2D eigenvalue weighted by molar-refractivity contribution is 6.39. The van der Waals surface area contributed by atoms with E-state index in [4.69, 9.17) is 14.0 Å². The Morgan fingerprint density at radius 1 is 0.342 bits per heavy atom. The Hall–Kier alpha value is -4.18. The predicted octanol–water partition coefficient (Wildman–Crippen LogP) is 21.6. The first-order valence-electron chi connectivity index (χ1n) is 27.6. The van der Waals surface area contributed by atoms with Crippen molar-refractivity contribution in [3.8, 4) is 17.2 Å². The third-order valence-corrected chi connectivity index (χ3v) is 14.0. The Morgan fingerprint density at radius 3 is 0.937 bits per heavy atom. The molecular weight excluding hydrogens is 1090 g/mol. The van der Waals surface area contributed by atoms with Crippen LogP contribution in [0.3, 0.4) is 0 Å². The van der Waals surface area contributed by atoms with E-state index < -0.39 is 107 Å². The van der Waals surface area contributed by atoms with Gasteiger partial charge in [0.2, 0.25) is 0 Å². The van der Waals surface area contributed by atoms with E-state index in [1.807, 2.05) is 27.7 Å². The van der Waals surface area contributed by atoms with Crippen LogP contribution < -0.4 is 14.0 Å². The quantitative estimate of drug-likeness (QED) is 0.0254. The summed E-state index contributed by atoms with van der Waals surface area (Å²) in [4.78, 5) is 0. The van der Waals surface area contributed by atoms with Crippen molar-refractivity contribution in [2.75, 3.05) is 19.6 Å². The summed E-state index contributed by atoms with van der Waals surface area (Å²) in [5.74, 6) is -4.48. The minimum Gasteiger partial charge on any atom is -0.490 e. The summed E-state index contributed by atoms with van der Waals surface area (Å²) in [6.45, 7) is 8.57. The Bertz CT molecular complexity index is 2060. The van der Waals surface area contributed by atoms with Crippen LogP contribution in [0.5, 0.6) is 17.2 Å². The fourth-order valence-electron chi connectivity index (χ4n) is 9.91. The van der Waals surface area contributed by atoms with Crippen molar-refractivity contribution in [2.24, 2.45) is 0 Å². The van der Waals surface area contributed by atoms with Crippen molar-refractivity contribution in [1.29, 1.82) is 0 Å². The van der Waals surface area contributed by atoms with E-state index in [0.29, 0.717) is 57.8 Å². The molecule has 0 aliphatic heterocycles. The van der Waals surface area contributed by atoms with E-state index in [-0.39, 0.29) is 85.5 Å². The predicted molar refractivity (Wildman–Crippen MR) is 268 cm³/mol. The van der Waals surface area contributed by atoms with Crippen molar-refractivity contribution in [3.63, 3.8) is 0 Å². The largest absolute Gasteiger partial charge is 0.864 e. The second-order valence-electron chi connectivity index (χ2n) is 20.5. The lowest BCUT2D eigenvalue weighted by Gasteiger charge is -2.47. The number of alkyl halides is 18. The molecule has 0 spiro atoms. The third-order valence-electron chi connectivity index (χ3n) is 14.0. The van der Waals surface area contributed by atoms with Crippen LogP contribution in [0.2, 0.25) is 0 Å². The molecule has 0 aromatic heterocycles. The van der Waals surface area contributed by atoms with E-state index in [2.05, 4.69) is 0 Å². The lowest BCUT2D eigenvalue weighted by atomic mass is 9.87. The first-order valence-corrected chi connectivity index (χ1v) is 27.6. The van der Waals surface area contributed by atoms with Gasteiger partial charge in [0, 0.05) is 6.42 Å². The van der Waals surface area contributed by atoms with Gasteiger partial charge in [-0.05, 0) is 93.5 Å². The number of quaternary nitrogens is 1. The van der Waals surface area contributed by atoms with Crippen LogP contribution in [0, 0.1) is 0 Å². The maximum atomic E-state index is 16.0. The van der Waals surface area contributed by atoms with E-state index in [1.54, 1.807) is 0 Å². The molecule has 0 heterocycles. The number of benzene rings is 3. The molecule has 1 atom stereocenters. The van der Waals surface area contributed by atoms with Gasteiger partial charge in [-0.25, -0.2) is 0 Å². The molecule has 3 rings (SSSR count). The molecule has 4 nitrogen and oxygen atoms in total. The second kappa shape index (κ2) is 31.3. The zero-order chi connectivity index (χ0) is 59.3. The molecule has 1 unspecified atom stereocenters. The number of nitrogens with zero attached hydrogens (tertiary/aromatic N) is 1. The first-order chi connectivity index (χ1) is 36.8. The van der Waals surface area contributed by atoms with E-state index in [1.165, 1.54) is 0 Å². The number of hydrogen-bond donors (Lipinski definition) is 0. The van der Waals surface area contributed by atoms with Crippen LogP contribution >= 0.6 is 0 Å². The van der Waals surface area contributed by atoms with Gasteiger partial charge in [-0.2, -0.15) is 79.0 Å². The number of unbranched alkanes of at least 4 members (excludes halogenated alkanes) is 19. The normalized spacial score (nSPS) is 13.5. The Balaban J connectivity index is 2.63. The van der Waals surface area contributed by atoms with E-state index >= 15 is 26.3 Å². The van der Waals surface area contributed by atoms with Gasteiger partial charge in [-0.3, -0.25) is 0 Å². The molecular formula is C56H75BF18NO3+. The Labute approximate surface area is 453 Å². The van der Waals surface area contributed by atoms with Crippen molar-refractivity contribution in [3.05, 3.63) is 87.5 Å². The molecule has 0 aliphatic rings. The van der Waals surface area contributed by atoms with Crippen molar-refractivity contribution >= 4 is 7.32 Å². The van der Waals surface area contributed by atoms with E-state index in [0.717, 1.165) is 83.5 Å². The van der Waals surface area contributed by atoms with Gasteiger partial charge >= 0.3 is 44.4 Å². The first kappa shape index (κ1) is 69.1. The lowest BCUT2D eigenvalue weighted by molar-refractivity contribution is -0.958. The van der Waals surface area contributed by atoms with Gasteiger partial charge in [-0.1, -0.05) is 130 Å². The average molecular weight is 1160 g/mol. The molecule has 3 aromatic carbocycles. The van der Waals surface area contributed by atoms with Gasteiger partial charge in [0.15, 0.2) is 0 Å². The summed E-state index contributed by atoms with van der Waals surface area (Å²) in [6.07, 6.45) is -17.7. The van der Waals surface area contributed by atoms with Gasteiger partial charge in [0.05, 0.1) is 58.6 Å². The number of hydrogen-bond acceptors (Lipinski definition) is 3. The molecule has 0 saturated heterocycles. The van der Waals surface area contributed by atoms with Crippen LogP contribution in [-0.4, -0.2) is 31.4 Å². The van der Waals surface area contributed by atoms with Crippen molar-refractivity contribution < 1.29 is 97.5 Å². The summed E-state index contributed by atoms with van der Waals surface area (Å²) >= 11 is 0. The monoisotopic (exact) mass is 1160 g/mol. The molecule has 0 bridgehead atoms. The summed E-state index contributed by atoms with van der Waals surface area (Å²) in [6, 6.07) is -2.59. The van der Waals surface area contributed by atoms with Gasteiger partial charge in [-0.15, -0.1) is 0 Å². The zero-order valence-electron chi connectivity index (χ0n) is 45.3. The number of rotatable bonds is 35. The van der Waals surface area contributed by atoms with Crippen LogP contribution in [0.1, 0.15) is 227 Å². The molecule has 0 saturated carbocycles. The van der Waals surface area contributed by atoms with E-state index in [9.17, 15) is 52.7 Å². The topological polar surface area (TPSA) is 27.7 Å². The molecule has 3 aromatic rings. The van der Waals surface area contributed by atoms with Gasteiger partial charge in [0.25, 0.3) is 0 Å². The maximum Gasteiger partial charge on any atom is 0.864 e. The average Bonchev–Trinajstić information content (AvgIpc) is 3.34. The fraction of sp³-hybridized carbons (Fsp3) is 0.679. The smallest absolute Gasteiger partial charge is 0.490 e. The minimum atomic E-state index is -5.66. The molecule has 0 radical (unpaired) electrons. The zero-order valence-corrected chi connectivity index (χ0v) is 45.3. The third kappa shape index (κ3) is 23.3. The van der Waals surface area contributed by atoms with Gasteiger partial charge in [0.1, 0.15) is 23.3 Å². The van der Waals surface area contributed by atoms with Crippen molar-refractivity contribution in [2.45, 2.75) is 225 Å². The highest BCUT2D eigenvalue weighted by Gasteiger charge is 2.49. The Morgan fingerprint density at radius 2 is 0.633 bits per heavy atom. The van der Waals surface area contributed by atoms with Crippen molar-refractivity contribution in [1.82, 2.24) is 0 Å². The summed E-state index contributed by atoms with van der Waals surface area (Å²) in [5, 5.41) is 0. The SMILES string of the molecule is CCCCCCCC[N+](CCCCCCCC)(CCCCCCCC)C(CCCCCCC)c1c(OB(Oc2cc(C(F)(F)F)cc(C(F)(F)F)c2)Oc2cc(C(F)(F)F)cc(C(F)(F)F)c2)cc(C(F)(F)F)cc1C(F)(F)F. The standard InChI is InChI=1S/C56H75BF18NO3/c1-5-9-13-17-21-25-29-76(30-26-22-18-14-10-6-2,31-27-23-19-15-11-7-3)48(28-24-20-16-12-8-4)50-47(56(73,74)75)38-44(55(70,71)72)39-49(50)79-57(77-45-34-40(51(58,59)60)32-41(35-45)52(61,62)63)78-46-36-42(53(64,65)66)33-43(37-46)54(67,68)69/h32-39,48H,5-31H2,1-4H3/q+1.